The molecule has 0 fully saturated rings. The Labute approximate surface area is 117 Å². The van der Waals surface area contributed by atoms with Crippen LogP contribution in [0.4, 0.5) is 0 Å². The highest BCUT2D eigenvalue weighted by Gasteiger charge is 2.40. The second-order valence-corrected chi connectivity index (χ2v) is 6.84. The molecule has 2 atom stereocenters. The van der Waals surface area contributed by atoms with Gasteiger partial charge in [-0.25, -0.2) is 0 Å². The summed E-state index contributed by atoms with van der Waals surface area (Å²) in [6.45, 7) is 4.15. The van der Waals surface area contributed by atoms with Crippen LogP contribution in [-0.2, 0) is 16.6 Å². The van der Waals surface area contributed by atoms with Gasteiger partial charge in [0.05, 0.1) is 5.75 Å². The summed E-state index contributed by atoms with van der Waals surface area (Å²) >= 11 is 1.52. The number of hydrogen-bond donors (Lipinski definition) is 3. The molecule has 104 valence electrons. The minimum atomic E-state index is -0.313. The maximum Gasteiger partial charge on any atom is 0.227 e. The first-order chi connectivity index (χ1) is 8.82. The molecule has 0 heterocycles. The van der Waals surface area contributed by atoms with Crippen LogP contribution >= 0.6 is 11.8 Å². The number of phenols is 1. The summed E-state index contributed by atoms with van der Waals surface area (Å²) in [5, 5.41) is 9.81. The molecule has 1 aliphatic rings. The van der Waals surface area contributed by atoms with Crippen LogP contribution in [-0.4, -0.2) is 28.1 Å². The number of aromatic hydroxyl groups is 1. The second-order valence-electron chi connectivity index (χ2n) is 5.61. The number of amides is 1. The van der Waals surface area contributed by atoms with Gasteiger partial charge in [0.2, 0.25) is 5.91 Å². The fourth-order valence-corrected chi connectivity index (χ4v) is 3.91. The summed E-state index contributed by atoms with van der Waals surface area (Å²) in [5.74, 6) is 0.246. The molecule has 0 unspecified atom stereocenters. The van der Waals surface area contributed by atoms with Gasteiger partial charge in [0.1, 0.15) is 5.75 Å². The van der Waals surface area contributed by atoms with Crippen molar-refractivity contribution >= 4 is 17.7 Å². The molecule has 1 aliphatic carbocycles. The molecule has 19 heavy (non-hydrogen) atoms. The Morgan fingerprint density at radius 1 is 1.53 bits per heavy atom. The molecule has 0 bridgehead atoms. The van der Waals surface area contributed by atoms with E-state index in [0.29, 0.717) is 5.75 Å². The molecule has 0 radical (unpaired) electrons. The summed E-state index contributed by atoms with van der Waals surface area (Å²) in [7, 11) is 0. The van der Waals surface area contributed by atoms with Crippen molar-refractivity contribution in [1.82, 2.24) is 0 Å². The van der Waals surface area contributed by atoms with E-state index in [-0.39, 0.29) is 28.4 Å². The van der Waals surface area contributed by atoms with Crippen LogP contribution < -0.4 is 11.5 Å². The van der Waals surface area contributed by atoms with Gasteiger partial charge >= 0.3 is 0 Å². The zero-order chi connectivity index (χ0) is 14.2. The number of carbonyl (C=O) groups is 1. The van der Waals surface area contributed by atoms with Crippen molar-refractivity contribution in [2.24, 2.45) is 11.5 Å². The van der Waals surface area contributed by atoms with E-state index in [9.17, 15) is 9.90 Å². The lowest BCUT2D eigenvalue weighted by Crippen LogP contribution is -2.52. The Morgan fingerprint density at radius 2 is 2.21 bits per heavy atom. The third-order valence-electron chi connectivity index (χ3n) is 3.88. The van der Waals surface area contributed by atoms with Gasteiger partial charge in [-0.15, -0.1) is 11.8 Å². The van der Waals surface area contributed by atoms with E-state index in [1.165, 1.54) is 17.3 Å². The molecule has 0 aromatic heterocycles. The number of carbonyl (C=O) groups excluding carboxylic acids is 1. The van der Waals surface area contributed by atoms with Crippen molar-refractivity contribution < 1.29 is 9.90 Å². The number of primary amides is 1. The molecule has 0 spiro atoms. The van der Waals surface area contributed by atoms with Crippen LogP contribution in [0.25, 0.3) is 0 Å². The molecule has 5 heteroatoms. The van der Waals surface area contributed by atoms with Crippen molar-refractivity contribution in [3.05, 3.63) is 29.3 Å². The molecular weight excluding hydrogens is 260 g/mol. The fourth-order valence-electron chi connectivity index (χ4n) is 2.68. The molecule has 0 saturated carbocycles. The fraction of sp³-hybridized carbons (Fsp3) is 0.500. The van der Waals surface area contributed by atoms with Gasteiger partial charge in [-0.05, 0) is 29.7 Å². The molecule has 2 rings (SSSR count). The number of benzene rings is 1. The Bertz CT molecular complexity index is 502. The lowest BCUT2D eigenvalue weighted by molar-refractivity contribution is -0.115. The first kappa shape index (κ1) is 14.2. The molecule has 0 aliphatic heterocycles. The highest BCUT2D eigenvalue weighted by atomic mass is 32.2. The van der Waals surface area contributed by atoms with E-state index in [4.69, 9.17) is 11.5 Å². The third kappa shape index (κ3) is 2.72. The standard InChI is InChI=1S/C14H20N2O2S/c1-14(2)10-6-9(17)4-3-8(10)5-11(13(14)16)19-7-12(15)18/h3-4,6,11,13,17H,5,7,16H2,1-2H3,(H2,15,18)/t11-,13+/m1/s1. The molecule has 0 saturated heterocycles. The molecule has 1 aromatic carbocycles. The number of phenolic OH excluding ortho intramolecular Hbond substituents is 1. The van der Waals surface area contributed by atoms with E-state index in [1.54, 1.807) is 12.1 Å². The monoisotopic (exact) mass is 280 g/mol. The number of hydrogen-bond acceptors (Lipinski definition) is 4. The van der Waals surface area contributed by atoms with Gasteiger partial charge in [-0.1, -0.05) is 19.9 Å². The first-order valence-electron chi connectivity index (χ1n) is 6.30. The smallest absolute Gasteiger partial charge is 0.227 e. The predicted octanol–water partition coefficient (Wildman–Crippen LogP) is 1.14. The average Bonchev–Trinajstić information content (AvgIpc) is 2.33. The van der Waals surface area contributed by atoms with Gasteiger partial charge in [0.15, 0.2) is 0 Å². The van der Waals surface area contributed by atoms with E-state index < -0.39 is 0 Å². The Morgan fingerprint density at radius 3 is 2.84 bits per heavy atom. The lowest BCUT2D eigenvalue weighted by atomic mass is 9.69. The quantitative estimate of drug-likeness (QED) is 0.774. The Hall–Kier alpha value is -1.20. The molecule has 4 nitrogen and oxygen atoms in total. The van der Waals surface area contributed by atoms with Gasteiger partial charge < -0.3 is 16.6 Å². The first-order valence-corrected chi connectivity index (χ1v) is 7.35. The van der Waals surface area contributed by atoms with E-state index in [1.807, 2.05) is 6.07 Å². The van der Waals surface area contributed by atoms with E-state index >= 15 is 0 Å². The molecule has 1 amide bonds. The highest BCUT2D eigenvalue weighted by molar-refractivity contribution is 8.00. The normalized spacial score (nSPS) is 24.8. The van der Waals surface area contributed by atoms with Crippen LogP contribution in [0.2, 0.25) is 0 Å². The lowest BCUT2D eigenvalue weighted by Gasteiger charge is -2.43. The van der Waals surface area contributed by atoms with Gasteiger partial charge in [0, 0.05) is 16.7 Å². The summed E-state index contributed by atoms with van der Waals surface area (Å²) in [6, 6.07) is 5.35. The summed E-state index contributed by atoms with van der Waals surface area (Å²) < 4.78 is 0. The number of fused-ring (bicyclic) bond motifs is 1. The number of nitrogens with two attached hydrogens (primary N) is 2. The van der Waals surface area contributed by atoms with Crippen molar-refractivity contribution in [3.8, 4) is 5.75 Å². The number of rotatable bonds is 3. The Kier molecular flexibility index (Phi) is 3.78. The van der Waals surface area contributed by atoms with Crippen LogP contribution in [0.3, 0.4) is 0 Å². The van der Waals surface area contributed by atoms with Crippen molar-refractivity contribution in [3.63, 3.8) is 0 Å². The number of thioether (sulfide) groups is 1. The average molecular weight is 280 g/mol. The van der Waals surface area contributed by atoms with Crippen LogP contribution in [0.5, 0.6) is 5.75 Å². The zero-order valence-corrected chi connectivity index (χ0v) is 12.0. The SMILES string of the molecule is CC1(C)c2cc(O)ccc2C[C@@H](SCC(N)=O)[C@@H]1N. The Balaban J connectivity index is 2.31. The van der Waals surface area contributed by atoms with Crippen LogP contribution in [0.15, 0.2) is 18.2 Å². The topological polar surface area (TPSA) is 89.3 Å². The molecular formula is C14H20N2O2S. The zero-order valence-electron chi connectivity index (χ0n) is 11.2. The van der Waals surface area contributed by atoms with Crippen LogP contribution in [0, 0.1) is 0 Å². The highest BCUT2D eigenvalue weighted by Crippen LogP contribution is 2.41. The molecule has 1 aromatic rings. The molecule has 5 N–H and O–H groups in total. The van der Waals surface area contributed by atoms with Crippen molar-refractivity contribution in [2.75, 3.05) is 5.75 Å². The maximum atomic E-state index is 10.9. The van der Waals surface area contributed by atoms with Gasteiger partial charge in [-0.2, -0.15) is 0 Å². The maximum absolute atomic E-state index is 10.9. The van der Waals surface area contributed by atoms with Gasteiger partial charge in [-0.3, -0.25) is 4.79 Å². The largest absolute Gasteiger partial charge is 0.508 e. The van der Waals surface area contributed by atoms with Crippen molar-refractivity contribution in [2.45, 2.75) is 37.0 Å². The minimum Gasteiger partial charge on any atom is -0.508 e. The summed E-state index contributed by atoms with van der Waals surface area (Å²) in [5.41, 5.74) is 13.6. The summed E-state index contributed by atoms with van der Waals surface area (Å²) in [6.07, 6.45) is 0.804. The third-order valence-corrected chi connectivity index (χ3v) is 5.22. The summed E-state index contributed by atoms with van der Waals surface area (Å²) in [4.78, 5) is 10.9. The van der Waals surface area contributed by atoms with E-state index in [0.717, 1.165) is 12.0 Å². The second kappa shape index (κ2) is 5.06. The van der Waals surface area contributed by atoms with Crippen molar-refractivity contribution in [1.29, 1.82) is 0 Å². The predicted molar refractivity (Wildman–Crippen MR) is 78.3 cm³/mol. The van der Waals surface area contributed by atoms with Crippen LogP contribution in [0.1, 0.15) is 25.0 Å². The minimum absolute atomic E-state index is 0.0776. The van der Waals surface area contributed by atoms with E-state index in [2.05, 4.69) is 13.8 Å². The van der Waals surface area contributed by atoms with Gasteiger partial charge in [0.25, 0.3) is 0 Å².